The molecule has 3 heterocycles. The lowest BCUT2D eigenvalue weighted by Crippen LogP contribution is -2.35. The van der Waals surface area contributed by atoms with E-state index in [0.717, 1.165) is 59.1 Å². The van der Waals surface area contributed by atoms with Crippen LogP contribution in [0.3, 0.4) is 0 Å². The molecule has 0 spiro atoms. The van der Waals surface area contributed by atoms with Crippen LogP contribution in [0.2, 0.25) is 0 Å². The van der Waals surface area contributed by atoms with Crippen molar-refractivity contribution in [2.24, 2.45) is 10.1 Å². The molecule has 0 unspecified atom stereocenters. The monoisotopic (exact) mass is 463 g/mol. The molecule has 172 valence electrons. The third-order valence-corrected chi connectivity index (χ3v) is 6.63. The molecule has 1 aromatic heterocycles. The van der Waals surface area contributed by atoms with Crippen LogP contribution in [-0.4, -0.2) is 38.1 Å². The normalized spacial score (nSPS) is 16.8. The fraction of sp³-hybridized carbons (Fsp3) is 0.360. The number of fused-ring (bicyclic) bond motifs is 1. The maximum Gasteiger partial charge on any atom is 0.283 e. The van der Waals surface area contributed by atoms with Gasteiger partial charge in [0.1, 0.15) is 10.8 Å². The van der Waals surface area contributed by atoms with Crippen LogP contribution in [0.1, 0.15) is 56.5 Å². The summed E-state index contributed by atoms with van der Waals surface area (Å²) in [7, 11) is 0. The third-order valence-electron chi connectivity index (χ3n) is 5.67. The van der Waals surface area contributed by atoms with Crippen molar-refractivity contribution >= 4 is 39.8 Å². The van der Waals surface area contributed by atoms with Gasteiger partial charge in [0.2, 0.25) is 5.17 Å². The Morgan fingerprint density at radius 2 is 1.91 bits per heavy atom. The summed E-state index contributed by atoms with van der Waals surface area (Å²) in [6, 6.07) is 9.96. The third kappa shape index (κ3) is 4.66. The number of thioether (sulfide) groups is 1. The van der Waals surface area contributed by atoms with Gasteiger partial charge in [0.05, 0.1) is 12.2 Å². The first-order chi connectivity index (χ1) is 15.9. The number of aromatic nitrogens is 1. The van der Waals surface area contributed by atoms with Crippen LogP contribution in [0.25, 0.3) is 11.8 Å². The largest absolute Gasteiger partial charge is 0.494 e. The van der Waals surface area contributed by atoms with Crippen LogP contribution in [0.15, 0.2) is 46.0 Å². The van der Waals surface area contributed by atoms with E-state index < -0.39 is 5.91 Å². The number of rotatable bonds is 8. The first-order valence-corrected chi connectivity index (χ1v) is 12.2. The number of nitrogens with one attached hydrogen (secondary N) is 1. The zero-order valence-electron chi connectivity index (χ0n) is 19.5. The van der Waals surface area contributed by atoms with Crippen LogP contribution in [0.4, 0.5) is 0 Å². The van der Waals surface area contributed by atoms with Gasteiger partial charge in [0.25, 0.3) is 5.91 Å². The van der Waals surface area contributed by atoms with Gasteiger partial charge in [-0.1, -0.05) is 19.8 Å². The van der Waals surface area contributed by atoms with Gasteiger partial charge >= 0.3 is 0 Å². The van der Waals surface area contributed by atoms with Crippen LogP contribution >= 0.6 is 11.8 Å². The molecule has 0 atom stereocenters. The highest BCUT2D eigenvalue weighted by molar-refractivity contribution is 8.26. The lowest BCUT2D eigenvalue weighted by atomic mass is 10.1. The zero-order valence-corrected chi connectivity index (χ0v) is 20.3. The summed E-state index contributed by atoms with van der Waals surface area (Å²) in [5.41, 5.74) is 4.17. The average molecular weight is 464 g/mol. The number of amidine groups is 2. The molecule has 2 aromatic rings. The first kappa shape index (κ1) is 23.0. The van der Waals surface area contributed by atoms with Crippen LogP contribution in [0.5, 0.6) is 5.75 Å². The van der Waals surface area contributed by atoms with E-state index in [1.54, 1.807) is 6.08 Å². The number of carbonyl (C=O) groups excluding carboxylic acids is 1. The van der Waals surface area contributed by atoms with E-state index in [4.69, 9.17) is 10.1 Å². The molecule has 0 aliphatic carbocycles. The molecule has 7 nitrogen and oxygen atoms in total. The summed E-state index contributed by atoms with van der Waals surface area (Å²) in [4.78, 5) is 17.0. The van der Waals surface area contributed by atoms with Crippen molar-refractivity contribution in [3.05, 3.63) is 52.9 Å². The molecule has 0 bridgehead atoms. The standard InChI is InChI=1S/C25H29N5O2S/c1-5-7-8-9-22-28-30-23(26)21(24(31)27-25(30)33-22)15-18-14-16(3)29(17(18)4)19-10-12-20(13-11-19)32-6-2/h10-15,26H,5-9H2,1-4H3. The second kappa shape index (κ2) is 9.79. The minimum atomic E-state index is -0.394. The quantitative estimate of drug-likeness (QED) is 0.402. The highest BCUT2D eigenvalue weighted by atomic mass is 32.2. The van der Waals surface area contributed by atoms with Gasteiger partial charge in [0.15, 0.2) is 5.84 Å². The maximum atomic E-state index is 12.8. The molecular weight excluding hydrogens is 434 g/mol. The highest BCUT2D eigenvalue weighted by Crippen LogP contribution is 2.31. The molecule has 4 rings (SSSR count). The number of nitrogens with zero attached hydrogens (tertiary/aromatic N) is 4. The summed E-state index contributed by atoms with van der Waals surface area (Å²) < 4.78 is 7.67. The molecular formula is C25H29N5O2S. The molecule has 0 saturated carbocycles. The molecule has 1 amide bonds. The van der Waals surface area contributed by atoms with Gasteiger partial charge < -0.3 is 9.30 Å². The van der Waals surface area contributed by atoms with Crippen molar-refractivity contribution in [2.75, 3.05) is 6.61 Å². The van der Waals surface area contributed by atoms with Crippen molar-refractivity contribution in [1.29, 1.82) is 5.41 Å². The molecule has 8 heteroatoms. The Kier molecular flexibility index (Phi) is 6.83. The number of amides is 1. The number of aryl methyl sites for hydroxylation is 1. The number of aliphatic imine (C=N–C) groups is 1. The number of hydrogen-bond acceptors (Lipinski definition) is 5. The predicted octanol–water partition coefficient (Wildman–Crippen LogP) is 5.69. The van der Waals surface area contributed by atoms with E-state index in [9.17, 15) is 4.79 Å². The smallest absolute Gasteiger partial charge is 0.283 e. The summed E-state index contributed by atoms with van der Waals surface area (Å²) >= 11 is 1.40. The van der Waals surface area contributed by atoms with Gasteiger partial charge in [0, 0.05) is 17.1 Å². The second-order valence-electron chi connectivity index (χ2n) is 8.06. The number of hydrogen-bond donors (Lipinski definition) is 1. The lowest BCUT2D eigenvalue weighted by Gasteiger charge is -2.20. The van der Waals surface area contributed by atoms with Gasteiger partial charge in [-0.15, -0.1) is 0 Å². The van der Waals surface area contributed by atoms with Crippen molar-refractivity contribution < 1.29 is 9.53 Å². The zero-order chi connectivity index (χ0) is 23.5. The van der Waals surface area contributed by atoms with Crippen molar-refractivity contribution in [2.45, 2.75) is 53.4 Å². The van der Waals surface area contributed by atoms with Crippen LogP contribution in [0, 0.1) is 19.3 Å². The number of unbranched alkanes of at least 4 members (excludes halogenated alkanes) is 2. The predicted molar refractivity (Wildman–Crippen MR) is 136 cm³/mol. The average Bonchev–Trinajstić information content (AvgIpc) is 3.32. The Hall–Kier alpha value is -3.13. The fourth-order valence-electron chi connectivity index (χ4n) is 4.00. The van der Waals surface area contributed by atoms with Gasteiger partial charge in [-0.2, -0.15) is 15.1 Å². The number of carbonyl (C=O) groups is 1. The van der Waals surface area contributed by atoms with E-state index in [1.165, 1.54) is 16.8 Å². The number of ether oxygens (including phenoxy) is 1. The van der Waals surface area contributed by atoms with Crippen molar-refractivity contribution in [1.82, 2.24) is 9.58 Å². The van der Waals surface area contributed by atoms with E-state index in [0.29, 0.717) is 11.8 Å². The summed E-state index contributed by atoms with van der Waals surface area (Å²) in [6.07, 6.45) is 5.92. The topological polar surface area (TPSA) is 83.0 Å². The SMILES string of the molecule is CCCCCC1=NN2C(=N)C(=Cc3cc(C)n(-c4ccc(OCC)cc4)c3C)C(=O)N=C2S1. The molecule has 1 aromatic carbocycles. The van der Waals surface area contributed by atoms with E-state index >= 15 is 0 Å². The van der Waals surface area contributed by atoms with Crippen LogP contribution < -0.4 is 4.74 Å². The Morgan fingerprint density at radius 3 is 2.61 bits per heavy atom. The van der Waals surface area contributed by atoms with E-state index in [1.807, 2.05) is 51.1 Å². The Morgan fingerprint density at radius 1 is 1.15 bits per heavy atom. The minimum absolute atomic E-state index is 0.0776. The molecule has 0 radical (unpaired) electrons. The molecule has 2 aliphatic heterocycles. The van der Waals surface area contributed by atoms with E-state index in [-0.39, 0.29) is 11.4 Å². The molecule has 33 heavy (non-hydrogen) atoms. The lowest BCUT2D eigenvalue weighted by molar-refractivity contribution is -0.114. The first-order valence-electron chi connectivity index (χ1n) is 11.3. The molecule has 0 fully saturated rings. The minimum Gasteiger partial charge on any atom is -0.494 e. The van der Waals surface area contributed by atoms with Gasteiger partial charge in [-0.25, -0.2) is 0 Å². The van der Waals surface area contributed by atoms with E-state index in [2.05, 4.69) is 21.6 Å². The second-order valence-corrected chi connectivity index (χ2v) is 9.10. The summed E-state index contributed by atoms with van der Waals surface area (Å²) in [5.74, 6) is 0.516. The Labute approximate surface area is 198 Å². The molecule has 1 N–H and O–H groups in total. The van der Waals surface area contributed by atoms with Crippen molar-refractivity contribution in [3.8, 4) is 11.4 Å². The number of benzene rings is 1. The molecule has 0 saturated heterocycles. The highest BCUT2D eigenvalue weighted by Gasteiger charge is 2.35. The molecule has 2 aliphatic rings. The van der Waals surface area contributed by atoms with Crippen molar-refractivity contribution in [3.63, 3.8) is 0 Å². The Balaban J connectivity index is 1.61. The summed E-state index contributed by atoms with van der Waals surface area (Å²) in [5, 5.41) is 16.1. The van der Waals surface area contributed by atoms with Gasteiger partial charge in [-0.05, 0) is 87.3 Å². The van der Waals surface area contributed by atoms with Gasteiger partial charge in [-0.3, -0.25) is 10.2 Å². The summed E-state index contributed by atoms with van der Waals surface area (Å²) in [6.45, 7) is 8.79. The number of hydrazone groups is 1. The fourth-order valence-corrected chi connectivity index (χ4v) is 4.93. The maximum absolute atomic E-state index is 12.8. The Bertz CT molecular complexity index is 1170. The van der Waals surface area contributed by atoms with Crippen LogP contribution in [-0.2, 0) is 4.79 Å².